The minimum atomic E-state index is 0.559. The third kappa shape index (κ3) is 1.85. The lowest BCUT2D eigenvalue weighted by molar-refractivity contribution is 0.0800. The summed E-state index contributed by atoms with van der Waals surface area (Å²) in [5, 5.41) is 4.18. The van der Waals surface area contributed by atoms with Crippen molar-refractivity contribution in [1.29, 1.82) is 0 Å². The summed E-state index contributed by atoms with van der Waals surface area (Å²) >= 11 is 0. The Kier molecular flexibility index (Phi) is 1.82. The highest BCUT2D eigenvalue weighted by Gasteiger charge is 2.35. The number of anilines is 1. The van der Waals surface area contributed by atoms with E-state index in [4.69, 9.17) is 5.73 Å². The second-order valence-electron chi connectivity index (χ2n) is 4.93. The van der Waals surface area contributed by atoms with Crippen molar-refractivity contribution in [3.63, 3.8) is 0 Å². The van der Waals surface area contributed by atoms with E-state index in [-0.39, 0.29) is 0 Å². The molecule has 1 aliphatic carbocycles. The zero-order chi connectivity index (χ0) is 9.47. The van der Waals surface area contributed by atoms with Crippen molar-refractivity contribution in [1.82, 2.24) is 9.78 Å². The highest BCUT2D eigenvalue weighted by atomic mass is 15.3. The first kappa shape index (κ1) is 8.60. The van der Waals surface area contributed by atoms with E-state index in [1.165, 1.54) is 12.8 Å². The van der Waals surface area contributed by atoms with Crippen molar-refractivity contribution < 1.29 is 0 Å². The first-order valence-corrected chi connectivity index (χ1v) is 4.83. The van der Waals surface area contributed by atoms with Gasteiger partial charge in [-0.15, -0.1) is 0 Å². The molecule has 13 heavy (non-hydrogen) atoms. The predicted molar refractivity (Wildman–Crippen MR) is 53.1 cm³/mol. The van der Waals surface area contributed by atoms with Crippen LogP contribution in [0.15, 0.2) is 12.4 Å². The van der Waals surface area contributed by atoms with E-state index in [1.54, 1.807) is 6.20 Å². The Labute approximate surface area is 78.9 Å². The van der Waals surface area contributed by atoms with Crippen molar-refractivity contribution in [2.45, 2.75) is 33.2 Å². The fourth-order valence-corrected chi connectivity index (χ4v) is 2.38. The van der Waals surface area contributed by atoms with Gasteiger partial charge in [0.2, 0.25) is 0 Å². The van der Waals surface area contributed by atoms with Crippen LogP contribution in [-0.4, -0.2) is 9.78 Å². The SMILES string of the molecule is CC1(C)CC(Cn2cc(N)cn2)C1. The number of nitrogen functional groups attached to an aromatic ring is 1. The van der Waals surface area contributed by atoms with Crippen LogP contribution in [0.5, 0.6) is 0 Å². The monoisotopic (exact) mass is 179 g/mol. The van der Waals surface area contributed by atoms with Crippen LogP contribution in [0.3, 0.4) is 0 Å². The molecule has 0 radical (unpaired) electrons. The maximum absolute atomic E-state index is 5.58. The Morgan fingerprint density at radius 2 is 2.31 bits per heavy atom. The number of nitrogens with zero attached hydrogens (tertiary/aromatic N) is 2. The van der Waals surface area contributed by atoms with Gasteiger partial charge in [0.05, 0.1) is 11.9 Å². The van der Waals surface area contributed by atoms with Gasteiger partial charge in [-0.25, -0.2) is 0 Å². The number of hydrogen-bond donors (Lipinski definition) is 1. The highest BCUT2D eigenvalue weighted by Crippen LogP contribution is 2.45. The fraction of sp³-hybridized carbons (Fsp3) is 0.700. The van der Waals surface area contributed by atoms with Crippen molar-refractivity contribution in [2.24, 2.45) is 11.3 Å². The minimum Gasteiger partial charge on any atom is -0.396 e. The average molecular weight is 179 g/mol. The van der Waals surface area contributed by atoms with Gasteiger partial charge in [0.25, 0.3) is 0 Å². The van der Waals surface area contributed by atoms with Gasteiger partial charge in [0, 0.05) is 12.7 Å². The summed E-state index contributed by atoms with van der Waals surface area (Å²) in [6.45, 7) is 5.67. The molecule has 0 unspecified atom stereocenters. The van der Waals surface area contributed by atoms with Gasteiger partial charge in [-0.1, -0.05) is 13.8 Å². The van der Waals surface area contributed by atoms with Gasteiger partial charge in [-0.3, -0.25) is 4.68 Å². The third-order valence-electron chi connectivity index (χ3n) is 2.78. The zero-order valence-corrected chi connectivity index (χ0v) is 8.33. The molecule has 1 aliphatic rings. The molecule has 1 aromatic rings. The quantitative estimate of drug-likeness (QED) is 0.753. The molecule has 0 aromatic carbocycles. The number of hydrogen-bond acceptors (Lipinski definition) is 2. The van der Waals surface area contributed by atoms with Crippen LogP contribution in [0.1, 0.15) is 26.7 Å². The maximum Gasteiger partial charge on any atom is 0.0719 e. The second kappa shape index (κ2) is 2.76. The third-order valence-corrected chi connectivity index (χ3v) is 2.78. The van der Waals surface area contributed by atoms with Crippen LogP contribution >= 0.6 is 0 Å². The van der Waals surface area contributed by atoms with E-state index in [9.17, 15) is 0 Å². The zero-order valence-electron chi connectivity index (χ0n) is 8.33. The Morgan fingerprint density at radius 1 is 1.62 bits per heavy atom. The fourth-order valence-electron chi connectivity index (χ4n) is 2.38. The predicted octanol–water partition coefficient (Wildman–Crippen LogP) is 1.90. The number of rotatable bonds is 2. The Balaban J connectivity index is 1.87. The molecule has 0 amide bonds. The smallest absolute Gasteiger partial charge is 0.0719 e. The Morgan fingerprint density at radius 3 is 2.77 bits per heavy atom. The van der Waals surface area contributed by atoms with Crippen LogP contribution in [0, 0.1) is 11.3 Å². The first-order valence-electron chi connectivity index (χ1n) is 4.83. The number of aromatic nitrogens is 2. The van der Waals surface area contributed by atoms with Gasteiger partial charge >= 0.3 is 0 Å². The van der Waals surface area contributed by atoms with Gasteiger partial charge in [0.15, 0.2) is 0 Å². The maximum atomic E-state index is 5.58. The molecule has 0 atom stereocenters. The summed E-state index contributed by atoms with van der Waals surface area (Å²) in [6, 6.07) is 0. The Hall–Kier alpha value is -0.990. The Bertz CT molecular complexity index is 293. The molecular weight excluding hydrogens is 162 g/mol. The van der Waals surface area contributed by atoms with E-state index < -0.39 is 0 Å². The topological polar surface area (TPSA) is 43.8 Å². The molecular formula is C10H17N3. The standard InChI is InChI=1S/C10H17N3/c1-10(2)3-8(4-10)6-13-7-9(11)5-12-13/h5,7-8H,3-4,6,11H2,1-2H3. The molecule has 0 aliphatic heterocycles. The molecule has 3 nitrogen and oxygen atoms in total. The highest BCUT2D eigenvalue weighted by molar-refractivity contribution is 5.30. The van der Waals surface area contributed by atoms with E-state index in [2.05, 4.69) is 18.9 Å². The lowest BCUT2D eigenvalue weighted by Gasteiger charge is -2.42. The van der Waals surface area contributed by atoms with Crippen molar-refractivity contribution in [2.75, 3.05) is 5.73 Å². The molecule has 1 heterocycles. The minimum absolute atomic E-state index is 0.559. The van der Waals surface area contributed by atoms with Gasteiger partial charge in [-0.2, -0.15) is 5.10 Å². The molecule has 1 aromatic heterocycles. The largest absolute Gasteiger partial charge is 0.396 e. The molecule has 0 bridgehead atoms. The van der Waals surface area contributed by atoms with Gasteiger partial charge in [0.1, 0.15) is 0 Å². The molecule has 0 saturated heterocycles. The summed E-state index contributed by atoms with van der Waals surface area (Å²) in [5.74, 6) is 0.800. The molecule has 1 fully saturated rings. The summed E-state index contributed by atoms with van der Waals surface area (Å²) in [4.78, 5) is 0. The molecule has 2 rings (SSSR count). The normalized spacial score (nSPS) is 21.4. The van der Waals surface area contributed by atoms with Crippen LogP contribution in [-0.2, 0) is 6.54 Å². The molecule has 1 saturated carbocycles. The van der Waals surface area contributed by atoms with E-state index in [0.29, 0.717) is 5.41 Å². The van der Waals surface area contributed by atoms with E-state index in [1.807, 2.05) is 10.9 Å². The molecule has 0 spiro atoms. The van der Waals surface area contributed by atoms with Gasteiger partial charge < -0.3 is 5.73 Å². The summed E-state index contributed by atoms with van der Waals surface area (Å²) in [7, 11) is 0. The van der Waals surface area contributed by atoms with Crippen LogP contribution in [0.25, 0.3) is 0 Å². The lowest BCUT2D eigenvalue weighted by atomic mass is 9.64. The summed E-state index contributed by atoms with van der Waals surface area (Å²) in [6.07, 6.45) is 6.24. The van der Waals surface area contributed by atoms with Crippen LogP contribution < -0.4 is 5.73 Å². The van der Waals surface area contributed by atoms with Gasteiger partial charge in [-0.05, 0) is 24.2 Å². The second-order valence-corrected chi connectivity index (χ2v) is 4.93. The lowest BCUT2D eigenvalue weighted by Crippen LogP contribution is -2.34. The van der Waals surface area contributed by atoms with Crippen LogP contribution in [0.4, 0.5) is 5.69 Å². The van der Waals surface area contributed by atoms with Crippen LogP contribution in [0.2, 0.25) is 0 Å². The van der Waals surface area contributed by atoms with E-state index in [0.717, 1.165) is 18.2 Å². The first-order chi connectivity index (χ1) is 6.05. The van der Waals surface area contributed by atoms with Crippen molar-refractivity contribution >= 4 is 5.69 Å². The summed E-state index contributed by atoms with van der Waals surface area (Å²) < 4.78 is 1.95. The average Bonchev–Trinajstić information content (AvgIpc) is 2.31. The number of nitrogens with two attached hydrogens (primary N) is 1. The van der Waals surface area contributed by atoms with Crippen molar-refractivity contribution in [3.8, 4) is 0 Å². The summed E-state index contributed by atoms with van der Waals surface area (Å²) in [5.41, 5.74) is 6.91. The molecule has 3 heteroatoms. The molecule has 2 N–H and O–H groups in total. The van der Waals surface area contributed by atoms with Crippen molar-refractivity contribution in [3.05, 3.63) is 12.4 Å². The molecule has 72 valence electrons. The van der Waals surface area contributed by atoms with E-state index >= 15 is 0 Å².